The molecule has 1 fully saturated rings. The van der Waals surface area contributed by atoms with Crippen molar-refractivity contribution in [2.75, 3.05) is 26.7 Å². The van der Waals surface area contributed by atoms with Gasteiger partial charge >= 0.3 is 6.09 Å². The quantitative estimate of drug-likeness (QED) is 0.383. The van der Waals surface area contributed by atoms with E-state index >= 15 is 0 Å². The SMILES string of the molecule is CN=C(NCc1ccc(C(=O)NCC(N)=O)cc1)N1CCC(NC(=O)OC(C)(C)C)C1. The first kappa shape index (κ1) is 24.0. The fourth-order valence-electron chi connectivity index (χ4n) is 3.10. The first-order chi connectivity index (χ1) is 14.6. The third-order valence-corrected chi connectivity index (χ3v) is 4.51. The lowest BCUT2D eigenvalue weighted by atomic mass is 10.1. The highest BCUT2D eigenvalue weighted by molar-refractivity contribution is 5.96. The van der Waals surface area contributed by atoms with E-state index in [2.05, 4.69) is 25.8 Å². The fraction of sp³-hybridized carbons (Fsp3) is 0.524. The highest BCUT2D eigenvalue weighted by atomic mass is 16.6. The molecule has 1 saturated heterocycles. The normalized spacial score (nSPS) is 16.6. The van der Waals surface area contributed by atoms with Crippen LogP contribution in [-0.4, -0.2) is 67.1 Å². The molecule has 1 unspecified atom stereocenters. The molecule has 1 heterocycles. The lowest BCUT2D eigenvalue weighted by Crippen LogP contribution is -2.44. The molecule has 0 saturated carbocycles. The van der Waals surface area contributed by atoms with Crippen LogP contribution in [0.4, 0.5) is 4.79 Å². The Morgan fingerprint density at radius 3 is 2.45 bits per heavy atom. The summed E-state index contributed by atoms with van der Waals surface area (Å²) in [6, 6.07) is 7.03. The van der Waals surface area contributed by atoms with Gasteiger partial charge in [-0.1, -0.05) is 12.1 Å². The zero-order valence-electron chi connectivity index (χ0n) is 18.5. The molecule has 10 heteroatoms. The van der Waals surface area contributed by atoms with Gasteiger partial charge in [0.2, 0.25) is 5.91 Å². The van der Waals surface area contributed by atoms with Gasteiger partial charge in [0.05, 0.1) is 12.6 Å². The summed E-state index contributed by atoms with van der Waals surface area (Å²) in [5.74, 6) is -0.211. The third kappa shape index (κ3) is 8.15. The second-order valence-electron chi connectivity index (χ2n) is 8.32. The molecule has 2 rings (SSSR count). The molecule has 1 aromatic rings. The Morgan fingerprint density at radius 1 is 1.19 bits per heavy atom. The smallest absolute Gasteiger partial charge is 0.407 e. The van der Waals surface area contributed by atoms with Gasteiger partial charge in [0.1, 0.15) is 5.60 Å². The van der Waals surface area contributed by atoms with Crippen molar-refractivity contribution in [3.8, 4) is 0 Å². The average molecular weight is 433 g/mol. The van der Waals surface area contributed by atoms with Gasteiger partial charge < -0.3 is 31.3 Å². The summed E-state index contributed by atoms with van der Waals surface area (Å²) < 4.78 is 5.31. The molecule has 1 aliphatic rings. The molecule has 31 heavy (non-hydrogen) atoms. The Hall–Kier alpha value is -3.30. The number of alkyl carbamates (subject to hydrolysis) is 1. The zero-order valence-corrected chi connectivity index (χ0v) is 18.5. The number of guanidine groups is 1. The van der Waals surface area contributed by atoms with Crippen LogP contribution in [0.1, 0.15) is 43.1 Å². The van der Waals surface area contributed by atoms with Crippen molar-refractivity contribution in [3.05, 3.63) is 35.4 Å². The first-order valence-electron chi connectivity index (χ1n) is 10.2. The fourth-order valence-corrected chi connectivity index (χ4v) is 3.10. The highest BCUT2D eigenvalue weighted by Crippen LogP contribution is 2.12. The van der Waals surface area contributed by atoms with Gasteiger partial charge in [-0.25, -0.2) is 4.79 Å². The number of carbonyl (C=O) groups excluding carboxylic acids is 3. The zero-order chi connectivity index (χ0) is 23.0. The van der Waals surface area contributed by atoms with Gasteiger partial charge in [-0.05, 0) is 44.9 Å². The van der Waals surface area contributed by atoms with E-state index in [1.165, 1.54) is 0 Å². The number of primary amides is 1. The van der Waals surface area contributed by atoms with Crippen LogP contribution in [0.2, 0.25) is 0 Å². The summed E-state index contributed by atoms with van der Waals surface area (Å²) in [4.78, 5) is 41.1. The lowest BCUT2D eigenvalue weighted by Gasteiger charge is -2.23. The molecule has 1 aromatic carbocycles. The van der Waals surface area contributed by atoms with Crippen molar-refractivity contribution in [3.63, 3.8) is 0 Å². The van der Waals surface area contributed by atoms with Crippen LogP contribution < -0.4 is 21.7 Å². The predicted octanol–water partition coefficient (Wildman–Crippen LogP) is 0.576. The molecule has 0 aromatic heterocycles. The van der Waals surface area contributed by atoms with Crippen LogP contribution in [-0.2, 0) is 16.1 Å². The van der Waals surface area contributed by atoms with Crippen molar-refractivity contribution in [2.24, 2.45) is 10.7 Å². The Morgan fingerprint density at radius 2 is 1.87 bits per heavy atom. The summed E-state index contributed by atoms with van der Waals surface area (Å²) in [5, 5.41) is 8.65. The predicted molar refractivity (Wildman–Crippen MR) is 118 cm³/mol. The van der Waals surface area contributed by atoms with E-state index in [4.69, 9.17) is 10.5 Å². The van der Waals surface area contributed by atoms with Crippen LogP contribution in [0.25, 0.3) is 0 Å². The van der Waals surface area contributed by atoms with Gasteiger partial charge in [0.15, 0.2) is 5.96 Å². The largest absolute Gasteiger partial charge is 0.444 e. The number of benzene rings is 1. The van der Waals surface area contributed by atoms with Crippen molar-refractivity contribution in [1.82, 2.24) is 20.9 Å². The molecule has 1 aliphatic heterocycles. The molecule has 170 valence electrons. The van der Waals surface area contributed by atoms with Crippen molar-refractivity contribution < 1.29 is 19.1 Å². The van der Waals surface area contributed by atoms with E-state index < -0.39 is 17.6 Å². The monoisotopic (exact) mass is 432 g/mol. The Kier molecular flexibility index (Phi) is 8.23. The first-order valence-corrected chi connectivity index (χ1v) is 10.2. The molecular weight excluding hydrogens is 400 g/mol. The number of aliphatic imine (C=N–C) groups is 1. The number of amides is 3. The Balaban J connectivity index is 1.82. The summed E-state index contributed by atoms with van der Waals surface area (Å²) in [5.41, 5.74) is 5.92. The van der Waals surface area contributed by atoms with E-state index in [-0.39, 0.29) is 18.5 Å². The molecule has 5 N–H and O–H groups in total. The standard InChI is InChI=1S/C21H32N6O4/c1-21(2,3)31-20(30)26-16-9-10-27(13-16)19(23-4)25-11-14-5-7-15(8-6-14)18(29)24-12-17(22)28/h5-8,16H,9-13H2,1-4H3,(H2,22,28)(H,23,25)(H,24,29)(H,26,30). The minimum Gasteiger partial charge on any atom is -0.444 e. The number of nitrogens with zero attached hydrogens (tertiary/aromatic N) is 2. The van der Waals surface area contributed by atoms with Gasteiger partial charge in [-0.15, -0.1) is 0 Å². The summed E-state index contributed by atoms with van der Waals surface area (Å²) in [6.07, 6.45) is 0.386. The number of likely N-dealkylation sites (tertiary alicyclic amines) is 1. The molecule has 3 amide bonds. The van der Waals surface area contributed by atoms with Gasteiger partial charge in [0.25, 0.3) is 5.91 Å². The summed E-state index contributed by atoms with van der Waals surface area (Å²) in [7, 11) is 1.71. The topological polar surface area (TPSA) is 138 Å². The number of rotatable bonds is 6. The molecule has 1 atom stereocenters. The van der Waals surface area contributed by atoms with Crippen molar-refractivity contribution >= 4 is 23.9 Å². The van der Waals surface area contributed by atoms with E-state index in [1.807, 2.05) is 32.9 Å². The Bertz CT molecular complexity index is 816. The Labute approximate surface area is 182 Å². The van der Waals surface area contributed by atoms with E-state index in [1.54, 1.807) is 19.2 Å². The van der Waals surface area contributed by atoms with Crippen LogP contribution >= 0.6 is 0 Å². The van der Waals surface area contributed by atoms with Crippen LogP contribution in [0.5, 0.6) is 0 Å². The van der Waals surface area contributed by atoms with Crippen molar-refractivity contribution in [1.29, 1.82) is 0 Å². The van der Waals surface area contributed by atoms with Gasteiger partial charge in [-0.2, -0.15) is 0 Å². The number of carbonyl (C=O) groups is 3. The summed E-state index contributed by atoms with van der Waals surface area (Å²) in [6.45, 7) is 7.23. The average Bonchev–Trinajstić information content (AvgIpc) is 3.13. The van der Waals surface area contributed by atoms with Gasteiger partial charge in [-0.3, -0.25) is 14.6 Å². The molecule has 0 radical (unpaired) electrons. The maximum absolute atomic E-state index is 12.0. The second-order valence-corrected chi connectivity index (χ2v) is 8.32. The minimum absolute atomic E-state index is 0.00778. The van der Waals surface area contributed by atoms with Crippen LogP contribution in [0.3, 0.4) is 0 Å². The highest BCUT2D eigenvalue weighted by Gasteiger charge is 2.27. The maximum Gasteiger partial charge on any atom is 0.407 e. The molecule has 10 nitrogen and oxygen atoms in total. The van der Waals surface area contributed by atoms with E-state index in [0.29, 0.717) is 18.7 Å². The third-order valence-electron chi connectivity index (χ3n) is 4.51. The lowest BCUT2D eigenvalue weighted by molar-refractivity contribution is -0.117. The molecule has 0 aliphatic carbocycles. The summed E-state index contributed by atoms with van der Waals surface area (Å²) >= 11 is 0. The maximum atomic E-state index is 12.0. The number of nitrogens with one attached hydrogen (secondary N) is 3. The van der Waals surface area contributed by atoms with Gasteiger partial charge in [0, 0.05) is 32.2 Å². The van der Waals surface area contributed by atoms with Crippen LogP contribution in [0.15, 0.2) is 29.3 Å². The van der Waals surface area contributed by atoms with E-state index in [0.717, 1.165) is 24.5 Å². The number of nitrogens with two attached hydrogens (primary N) is 1. The van der Waals surface area contributed by atoms with Crippen LogP contribution in [0, 0.1) is 0 Å². The number of ether oxygens (including phenoxy) is 1. The van der Waals surface area contributed by atoms with E-state index in [9.17, 15) is 14.4 Å². The molecular formula is C21H32N6O4. The minimum atomic E-state index is -0.592. The molecule has 0 spiro atoms. The second kappa shape index (κ2) is 10.6. The number of hydrogen-bond donors (Lipinski definition) is 4. The van der Waals surface area contributed by atoms with Crippen molar-refractivity contribution in [2.45, 2.75) is 45.4 Å². The molecule has 0 bridgehead atoms. The number of hydrogen-bond acceptors (Lipinski definition) is 5.